The summed E-state index contributed by atoms with van der Waals surface area (Å²) in [6.45, 7) is 3.80. The highest BCUT2D eigenvalue weighted by Gasteiger charge is 2.19. The highest BCUT2D eigenvalue weighted by molar-refractivity contribution is 6.31. The summed E-state index contributed by atoms with van der Waals surface area (Å²) in [6, 6.07) is 12.6. The second-order valence-electron chi connectivity index (χ2n) is 5.15. The molecule has 0 aliphatic heterocycles. The van der Waals surface area contributed by atoms with E-state index in [9.17, 15) is 4.79 Å². The Morgan fingerprint density at radius 2 is 2.00 bits per heavy atom. The van der Waals surface area contributed by atoms with Crippen molar-refractivity contribution in [3.05, 3.63) is 53.1 Å². The predicted molar refractivity (Wildman–Crippen MR) is 92.5 cm³/mol. The fraction of sp³-hybridized carbons (Fsp3) is 0.278. The minimum Gasteiger partial charge on any atom is -0.497 e. The summed E-state index contributed by atoms with van der Waals surface area (Å²) in [5.41, 5.74) is 1.58. The molecule has 0 saturated heterocycles. The van der Waals surface area contributed by atoms with Crippen molar-refractivity contribution < 1.29 is 14.3 Å². The molecule has 23 heavy (non-hydrogen) atoms. The van der Waals surface area contributed by atoms with Gasteiger partial charge in [0.1, 0.15) is 11.5 Å². The largest absolute Gasteiger partial charge is 0.497 e. The van der Waals surface area contributed by atoms with Crippen molar-refractivity contribution in [3.8, 4) is 11.5 Å². The van der Waals surface area contributed by atoms with E-state index in [1.54, 1.807) is 31.4 Å². The fourth-order valence-corrected chi connectivity index (χ4v) is 2.22. The number of hydrogen-bond donors (Lipinski definition) is 1. The molecule has 1 unspecified atom stereocenters. The molecule has 1 atom stereocenters. The zero-order chi connectivity index (χ0) is 16.8. The summed E-state index contributed by atoms with van der Waals surface area (Å²) in [4.78, 5) is 12.4. The first kappa shape index (κ1) is 17.2. The SMILES string of the molecule is CCC(Oc1ccc(Cl)c(C)c1)C(=O)Nc1cccc(OC)c1. The van der Waals surface area contributed by atoms with E-state index in [1.165, 1.54) is 0 Å². The molecule has 1 N–H and O–H groups in total. The van der Waals surface area contributed by atoms with E-state index >= 15 is 0 Å². The summed E-state index contributed by atoms with van der Waals surface area (Å²) >= 11 is 6.00. The smallest absolute Gasteiger partial charge is 0.265 e. The Bertz CT molecular complexity index is 688. The minimum atomic E-state index is -0.582. The maximum atomic E-state index is 12.4. The van der Waals surface area contributed by atoms with Crippen molar-refractivity contribution in [1.29, 1.82) is 0 Å². The van der Waals surface area contributed by atoms with Crippen LogP contribution in [0.15, 0.2) is 42.5 Å². The lowest BCUT2D eigenvalue weighted by Gasteiger charge is -2.18. The van der Waals surface area contributed by atoms with E-state index in [1.807, 2.05) is 32.0 Å². The molecule has 2 aromatic rings. The highest BCUT2D eigenvalue weighted by atomic mass is 35.5. The molecular formula is C18H20ClNO3. The number of hydrogen-bond acceptors (Lipinski definition) is 3. The van der Waals surface area contributed by atoms with Gasteiger partial charge < -0.3 is 14.8 Å². The average molecular weight is 334 g/mol. The summed E-state index contributed by atoms with van der Waals surface area (Å²) in [6.07, 6.45) is -0.0286. The first-order chi connectivity index (χ1) is 11.0. The first-order valence-corrected chi connectivity index (χ1v) is 7.79. The maximum Gasteiger partial charge on any atom is 0.265 e. The van der Waals surface area contributed by atoms with Gasteiger partial charge in [0.2, 0.25) is 0 Å². The van der Waals surface area contributed by atoms with Gasteiger partial charge in [0, 0.05) is 16.8 Å². The molecular weight excluding hydrogens is 314 g/mol. The number of carbonyl (C=O) groups excluding carboxylic acids is 1. The number of carbonyl (C=O) groups is 1. The molecule has 0 radical (unpaired) electrons. The molecule has 0 fully saturated rings. The van der Waals surface area contributed by atoms with Gasteiger partial charge in [-0.1, -0.05) is 24.6 Å². The fourth-order valence-electron chi connectivity index (χ4n) is 2.10. The standard InChI is InChI=1S/C18H20ClNO3/c1-4-17(23-15-8-9-16(19)12(2)10-15)18(21)20-13-6-5-7-14(11-13)22-3/h5-11,17H,4H2,1-3H3,(H,20,21). The molecule has 0 aromatic heterocycles. The summed E-state index contributed by atoms with van der Waals surface area (Å²) < 4.78 is 10.9. The lowest BCUT2D eigenvalue weighted by molar-refractivity contribution is -0.122. The molecule has 0 aliphatic rings. The average Bonchev–Trinajstić information content (AvgIpc) is 2.55. The van der Waals surface area contributed by atoms with Crippen LogP contribution in [0, 0.1) is 6.92 Å². The number of amides is 1. The van der Waals surface area contributed by atoms with Crippen LogP contribution in [0.1, 0.15) is 18.9 Å². The van der Waals surface area contributed by atoms with Crippen molar-refractivity contribution in [3.63, 3.8) is 0 Å². The molecule has 0 bridgehead atoms. The Kier molecular flexibility index (Phi) is 5.88. The van der Waals surface area contributed by atoms with Gasteiger partial charge in [-0.25, -0.2) is 0 Å². The molecule has 0 heterocycles. The van der Waals surface area contributed by atoms with E-state index in [4.69, 9.17) is 21.1 Å². The van der Waals surface area contributed by atoms with Gasteiger partial charge in [-0.15, -0.1) is 0 Å². The van der Waals surface area contributed by atoms with Crippen LogP contribution < -0.4 is 14.8 Å². The molecule has 4 nitrogen and oxygen atoms in total. The van der Waals surface area contributed by atoms with Gasteiger partial charge >= 0.3 is 0 Å². The van der Waals surface area contributed by atoms with Crippen molar-refractivity contribution in [1.82, 2.24) is 0 Å². The molecule has 2 rings (SSSR count). The zero-order valence-corrected chi connectivity index (χ0v) is 14.2. The first-order valence-electron chi connectivity index (χ1n) is 7.41. The molecule has 5 heteroatoms. The Hall–Kier alpha value is -2.20. The normalized spacial score (nSPS) is 11.7. The van der Waals surface area contributed by atoms with Gasteiger partial charge in [0.05, 0.1) is 7.11 Å². The van der Waals surface area contributed by atoms with Crippen LogP contribution in [0.5, 0.6) is 11.5 Å². The van der Waals surface area contributed by atoms with Crippen LogP contribution in [0.3, 0.4) is 0 Å². The molecule has 2 aromatic carbocycles. The topological polar surface area (TPSA) is 47.6 Å². The van der Waals surface area contributed by atoms with Crippen LogP contribution >= 0.6 is 11.6 Å². The lowest BCUT2D eigenvalue weighted by atomic mass is 10.2. The third-order valence-corrected chi connectivity index (χ3v) is 3.83. The van der Waals surface area contributed by atoms with Crippen molar-refractivity contribution in [2.75, 3.05) is 12.4 Å². The zero-order valence-electron chi connectivity index (χ0n) is 13.4. The molecule has 0 spiro atoms. The second kappa shape index (κ2) is 7.88. The molecule has 1 amide bonds. The number of aryl methyl sites for hydroxylation is 1. The lowest BCUT2D eigenvalue weighted by Crippen LogP contribution is -2.32. The Balaban J connectivity index is 2.07. The van der Waals surface area contributed by atoms with Gasteiger partial charge in [-0.3, -0.25) is 4.79 Å². The predicted octanol–water partition coefficient (Wildman–Crippen LogP) is 4.45. The van der Waals surface area contributed by atoms with E-state index in [-0.39, 0.29) is 5.91 Å². The Labute approximate surface area is 141 Å². The third kappa shape index (κ3) is 4.63. The van der Waals surface area contributed by atoms with E-state index in [0.717, 1.165) is 5.56 Å². The van der Waals surface area contributed by atoms with Crippen LogP contribution in [0.4, 0.5) is 5.69 Å². The maximum absolute atomic E-state index is 12.4. The van der Waals surface area contributed by atoms with Crippen LogP contribution in [-0.4, -0.2) is 19.1 Å². The van der Waals surface area contributed by atoms with Crippen molar-refractivity contribution >= 4 is 23.2 Å². The quantitative estimate of drug-likeness (QED) is 0.849. The molecule has 122 valence electrons. The number of ether oxygens (including phenoxy) is 2. The van der Waals surface area contributed by atoms with E-state index < -0.39 is 6.10 Å². The molecule has 0 aliphatic carbocycles. The van der Waals surface area contributed by atoms with Crippen LogP contribution in [0.25, 0.3) is 0 Å². The number of halogens is 1. The van der Waals surface area contributed by atoms with E-state index in [2.05, 4.69) is 5.32 Å². The minimum absolute atomic E-state index is 0.201. The monoisotopic (exact) mass is 333 g/mol. The summed E-state index contributed by atoms with van der Waals surface area (Å²) in [5.74, 6) is 1.11. The van der Waals surface area contributed by atoms with E-state index in [0.29, 0.717) is 28.6 Å². The number of rotatable bonds is 6. The Morgan fingerprint density at radius 3 is 2.65 bits per heavy atom. The number of anilines is 1. The highest BCUT2D eigenvalue weighted by Crippen LogP contribution is 2.23. The number of benzene rings is 2. The summed E-state index contributed by atoms with van der Waals surface area (Å²) in [5, 5.41) is 3.52. The van der Waals surface area contributed by atoms with Gasteiger partial charge in [-0.2, -0.15) is 0 Å². The summed E-state index contributed by atoms with van der Waals surface area (Å²) in [7, 11) is 1.59. The number of methoxy groups -OCH3 is 1. The van der Waals surface area contributed by atoms with Gasteiger partial charge in [-0.05, 0) is 49.2 Å². The second-order valence-corrected chi connectivity index (χ2v) is 5.55. The molecule has 0 saturated carbocycles. The van der Waals surface area contributed by atoms with Gasteiger partial charge in [0.25, 0.3) is 5.91 Å². The third-order valence-electron chi connectivity index (χ3n) is 3.41. The van der Waals surface area contributed by atoms with Crippen LogP contribution in [0.2, 0.25) is 5.02 Å². The van der Waals surface area contributed by atoms with Crippen LogP contribution in [-0.2, 0) is 4.79 Å². The van der Waals surface area contributed by atoms with Gasteiger partial charge in [0.15, 0.2) is 6.10 Å². The number of nitrogens with one attached hydrogen (secondary N) is 1. The Morgan fingerprint density at radius 1 is 1.22 bits per heavy atom. The van der Waals surface area contributed by atoms with Crippen molar-refractivity contribution in [2.45, 2.75) is 26.4 Å². The van der Waals surface area contributed by atoms with Crippen molar-refractivity contribution in [2.24, 2.45) is 0 Å².